The van der Waals surface area contributed by atoms with E-state index in [0.717, 1.165) is 11.3 Å². The molecule has 0 radical (unpaired) electrons. The number of ether oxygens (including phenoxy) is 1. The Balaban J connectivity index is 1.85. The highest BCUT2D eigenvalue weighted by molar-refractivity contribution is 7.88. The van der Waals surface area contributed by atoms with E-state index in [2.05, 4.69) is 10.0 Å². The van der Waals surface area contributed by atoms with Gasteiger partial charge in [0.05, 0.1) is 18.8 Å². The average Bonchev–Trinajstić information content (AvgIpc) is 2.60. The third kappa shape index (κ3) is 7.80. The van der Waals surface area contributed by atoms with Gasteiger partial charge in [0.1, 0.15) is 5.75 Å². The zero-order chi connectivity index (χ0) is 19.7. The van der Waals surface area contributed by atoms with Crippen LogP contribution in [0.1, 0.15) is 31.4 Å². The number of sulfonamides is 1. The average molecular weight is 391 g/mol. The Kier molecular flexibility index (Phi) is 7.82. The molecule has 0 fully saturated rings. The van der Waals surface area contributed by atoms with Crippen molar-refractivity contribution < 1.29 is 17.9 Å². The number of nitrogens with one attached hydrogen (secondary N) is 2. The Labute approximate surface area is 161 Å². The Bertz CT molecular complexity index is 836. The lowest BCUT2D eigenvalue weighted by molar-refractivity contribution is -0.121. The fraction of sp³-hybridized carbons (Fsp3) is 0.350. The summed E-state index contributed by atoms with van der Waals surface area (Å²) in [6.45, 7) is 4.12. The van der Waals surface area contributed by atoms with Gasteiger partial charge in [0.25, 0.3) is 0 Å². The topological polar surface area (TPSA) is 84.5 Å². The Hall–Kier alpha value is -2.38. The lowest BCUT2D eigenvalue weighted by Gasteiger charge is -2.13. The molecule has 6 nitrogen and oxygen atoms in total. The minimum absolute atomic E-state index is 0.117. The molecule has 7 heteroatoms. The van der Waals surface area contributed by atoms with Crippen LogP contribution >= 0.6 is 0 Å². The highest BCUT2D eigenvalue weighted by atomic mass is 32.2. The summed E-state index contributed by atoms with van der Waals surface area (Å²) in [5, 5.41) is 2.82. The van der Waals surface area contributed by atoms with Crippen LogP contribution in [-0.2, 0) is 27.1 Å². The van der Waals surface area contributed by atoms with E-state index in [9.17, 15) is 13.2 Å². The quantitative estimate of drug-likeness (QED) is 0.653. The molecule has 146 valence electrons. The predicted octanol–water partition coefficient (Wildman–Crippen LogP) is 2.60. The van der Waals surface area contributed by atoms with E-state index >= 15 is 0 Å². The third-order valence-electron chi connectivity index (χ3n) is 3.70. The fourth-order valence-corrected chi connectivity index (χ4v) is 4.03. The smallest absolute Gasteiger partial charge is 0.223 e. The molecule has 0 aliphatic rings. The van der Waals surface area contributed by atoms with Crippen molar-refractivity contribution in [1.29, 1.82) is 0 Å². The molecule has 0 heterocycles. The number of hydrogen-bond donors (Lipinski definition) is 2. The fourth-order valence-electron chi connectivity index (χ4n) is 2.54. The molecular weight excluding hydrogens is 364 g/mol. The van der Waals surface area contributed by atoms with Crippen LogP contribution in [0.4, 0.5) is 0 Å². The summed E-state index contributed by atoms with van der Waals surface area (Å²) in [6, 6.07) is 16.3. The standard InChI is InChI=1S/C20H26N2O4S/c1-16(2)22-27(24,25)15-18-9-7-6-8-17(18)14-21-20(23)12-13-26-19-10-4-3-5-11-19/h3-11,16,22H,12-15H2,1-2H3,(H,21,23). The van der Waals surface area contributed by atoms with Crippen molar-refractivity contribution in [2.45, 2.75) is 38.6 Å². The molecule has 27 heavy (non-hydrogen) atoms. The highest BCUT2D eigenvalue weighted by Crippen LogP contribution is 2.13. The molecule has 2 aromatic carbocycles. The number of rotatable bonds is 10. The maximum atomic E-state index is 12.2. The summed E-state index contributed by atoms with van der Waals surface area (Å²) in [5.74, 6) is 0.455. The van der Waals surface area contributed by atoms with Crippen molar-refractivity contribution in [2.75, 3.05) is 6.61 Å². The van der Waals surface area contributed by atoms with Crippen molar-refractivity contribution in [3.05, 3.63) is 65.7 Å². The van der Waals surface area contributed by atoms with Gasteiger partial charge in [0.2, 0.25) is 15.9 Å². The summed E-state index contributed by atoms with van der Waals surface area (Å²) >= 11 is 0. The van der Waals surface area contributed by atoms with E-state index in [1.807, 2.05) is 42.5 Å². The number of carbonyl (C=O) groups is 1. The Morgan fingerprint density at radius 3 is 2.30 bits per heavy atom. The van der Waals surface area contributed by atoms with E-state index in [4.69, 9.17) is 4.74 Å². The lowest BCUT2D eigenvalue weighted by Crippen LogP contribution is -2.32. The molecule has 0 unspecified atom stereocenters. The number of carbonyl (C=O) groups excluding carboxylic acids is 1. The SMILES string of the molecule is CC(C)NS(=O)(=O)Cc1ccccc1CNC(=O)CCOc1ccccc1. The summed E-state index contributed by atoms with van der Waals surface area (Å²) in [5.41, 5.74) is 1.45. The van der Waals surface area contributed by atoms with Gasteiger partial charge < -0.3 is 10.1 Å². The molecule has 0 aliphatic carbocycles. The second-order valence-electron chi connectivity index (χ2n) is 6.49. The van der Waals surface area contributed by atoms with E-state index in [1.165, 1.54) is 0 Å². The lowest BCUT2D eigenvalue weighted by atomic mass is 10.1. The molecule has 0 saturated carbocycles. The summed E-state index contributed by atoms with van der Waals surface area (Å²) in [6.07, 6.45) is 0.226. The van der Waals surface area contributed by atoms with Crippen LogP contribution < -0.4 is 14.8 Å². The van der Waals surface area contributed by atoms with Gasteiger partial charge in [-0.05, 0) is 37.1 Å². The number of amides is 1. The first kappa shape index (κ1) is 20.9. The first-order valence-electron chi connectivity index (χ1n) is 8.87. The van der Waals surface area contributed by atoms with E-state index in [-0.39, 0.29) is 37.3 Å². The maximum absolute atomic E-state index is 12.2. The van der Waals surface area contributed by atoms with Crippen LogP contribution in [-0.4, -0.2) is 27.0 Å². The molecule has 0 spiro atoms. The van der Waals surface area contributed by atoms with E-state index in [1.54, 1.807) is 26.0 Å². The van der Waals surface area contributed by atoms with E-state index in [0.29, 0.717) is 5.56 Å². The largest absolute Gasteiger partial charge is 0.493 e. The molecule has 0 bridgehead atoms. The van der Waals surface area contributed by atoms with Gasteiger partial charge in [-0.2, -0.15) is 0 Å². The number of para-hydroxylation sites is 1. The van der Waals surface area contributed by atoms with Crippen molar-refractivity contribution >= 4 is 15.9 Å². The van der Waals surface area contributed by atoms with Crippen molar-refractivity contribution in [2.24, 2.45) is 0 Å². The van der Waals surface area contributed by atoms with Gasteiger partial charge in [-0.15, -0.1) is 0 Å². The van der Waals surface area contributed by atoms with Crippen LogP contribution in [0.3, 0.4) is 0 Å². The third-order valence-corrected chi connectivity index (χ3v) is 5.22. The minimum atomic E-state index is -3.42. The molecule has 0 aliphatic heterocycles. The van der Waals surface area contributed by atoms with Crippen LogP contribution in [0.5, 0.6) is 5.75 Å². The van der Waals surface area contributed by atoms with Gasteiger partial charge in [-0.3, -0.25) is 4.79 Å². The molecule has 2 rings (SSSR count). The van der Waals surface area contributed by atoms with Crippen LogP contribution in [0.25, 0.3) is 0 Å². The van der Waals surface area contributed by atoms with Gasteiger partial charge in [-0.1, -0.05) is 42.5 Å². The molecule has 0 saturated heterocycles. The zero-order valence-electron chi connectivity index (χ0n) is 15.6. The summed E-state index contributed by atoms with van der Waals surface area (Å²) < 4.78 is 32.4. The van der Waals surface area contributed by atoms with E-state index < -0.39 is 10.0 Å². The highest BCUT2D eigenvalue weighted by Gasteiger charge is 2.15. The second kappa shape index (κ2) is 10.1. The van der Waals surface area contributed by atoms with Crippen molar-refractivity contribution in [1.82, 2.24) is 10.0 Å². The van der Waals surface area contributed by atoms with Crippen LogP contribution in [0.15, 0.2) is 54.6 Å². The second-order valence-corrected chi connectivity index (χ2v) is 8.24. The van der Waals surface area contributed by atoms with Crippen molar-refractivity contribution in [3.63, 3.8) is 0 Å². The minimum Gasteiger partial charge on any atom is -0.493 e. The first-order chi connectivity index (χ1) is 12.9. The Morgan fingerprint density at radius 2 is 1.63 bits per heavy atom. The van der Waals surface area contributed by atoms with Gasteiger partial charge >= 0.3 is 0 Å². The van der Waals surface area contributed by atoms with Crippen molar-refractivity contribution in [3.8, 4) is 5.75 Å². The van der Waals surface area contributed by atoms with Gasteiger partial charge in [-0.25, -0.2) is 13.1 Å². The Morgan fingerprint density at radius 1 is 1.00 bits per heavy atom. The molecular formula is C20H26N2O4S. The molecule has 0 atom stereocenters. The molecule has 1 amide bonds. The zero-order valence-corrected chi connectivity index (χ0v) is 16.5. The molecule has 2 N–H and O–H groups in total. The number of hydrogen-bond acceptors (Lipinski definition) is 4. The van der Waals surface area contributed by atoms with Gasteiger partial charge in [0.15, 0.2) is 0 Å². The number of benzene rings is 2. The van der Waals surface area contributed by atoms with Crippen LogP contribution in [0, 0.1) is 0 Å². The van der Waals surface area contributed by atoms with Gasteiger partial charge in [0, 0.05) is 12.6 Å². The monoisotopic (exact) mass is 390 g/mol. The summed E-state index contributed by atoms with van der Waals surface area (Å²) in [7, 11) is -3.42. The predicted molar refractivity (Wildman–Crippen MR) is 106 cm³/mol. The maximum Gasteiger partial charge on any atom is 0.223 e. The van der Waals surface area contributed by atoms with Crippen LogP contribution in [0.2, 0.25) is 0 Å². The first-order valence-corrected chi connectivity index (χ1v) is 10.5. The molecule has 0 aromatic heterocycles. The molecule has 2 aromatic rings. The summed E-state index contributed by atoms with van der Waals surface area (Å²) in [4.78, 5) is 12.0. The normalized spacial score (nSPS) is 11.4.